The number of hydrogen-bond acceptors (Lipinski definition) is 3. The highest BCUT2D eigenvalue weighted by atomic mass is 16.5. The smallest absolute Gasteiger partial charge is 0.270 e. The average Bonchev–Trinajstić information content (AvgIpc) is 3.21. The lowest BCUT2D eigenvalue weighted by atomic mass is 9.84. The topological polar surface area (TPSA) is 65.6 Å². The van der Waals surface area contributed by atoms with Crippen LogP contribution in [0.3, 0.4) is 0 Å². The molecule has 6 heteroatoms. The van der Waals surface area contributed by atoms with Gasteiger partial charge in [-0.05, 0) is 55.7 Å². The van der Waals surface area contributed by atoms with Gasteiger partial charge in [-0.2, -0.15) is 0 Å². The van der Waals surface area contributed by atoms with Gasteiger partial charge in [-0.3, -0.25) is 9.59 Å². The molecule has 3 heterocycles. The Bertz CT molecular complexity index is 906. The number of benzene rings is 1. The third-order valence-electron chi connectivity index (χ3n) is 7.08. The molecule has 30 heavy (non-hydrogen) atoms. The summed E-state index contributed by atoms with van der Waals surface area (Å²) >= 11 is 0. The van der Waals surface area contributed by atoms with Crippen LogP contribution in [0.4, 0.5) is 0 Å². The van der Waals surface area contributed by atoms with E-state index in [9.17, 15) is 9.59 Å². The number of rotatable bonds is 4. The minimum absolute atomic E-state index is 0.0348. The summed E-state index contributed by atoms with van der Waals surface area (Å²) in [4.78, 5) is 33.1. The summed E-state index contributed by atoms with van der Waals surface area (Å²) in [5, 5.41) is 1.00. The van der Waals surface area contributed by atoms with Crippen LogP contribution in [0.5, 0.6) is 5.75 Å². The largest absolute Gasteiger partial charge is 0.497 e. The van der Waals surface area contributed by atoms with Crippen LogP contribution >= 0.6 is 0 Å². The lowest BCUT2D eigenvalue weighted by Crippen LogP contribution is -2.45. The number of carbonyl (C=O) groups excluding carboxylic acids is 2. The van der Waals surface area contributed by atoms with Gasteiger partial charge in [0.05, 0.1) is 7.11 Å². The maximum absolute atomic E-state index is 13.0. The van der Waals surface area contributed by atoms with Crippen LogP contribution in [0.1, 0.15) is 50.0 Å². The number of H-pyrrole nitrogens is 1. The highest BCUT2D eigenvalue weighted by Crippen LogP contribution is 2.29. The van der Waals surface area contributed by atoms with Crippen LogP contribution in [0, 0.1) is 17.8 Å². The molecule has 2 fully saturated rings. The fourth-order valence-corrected chi connectivity index (χ4v) is 4.84. The lowest BCUT2D eigenvalue weighted by Gasteiger charge is -2.37. The second-order valence-corrected chi connectivity index (χ2v) is 9.06. The predicted molar refractivity (Wildman–Crippen MR) is 118 cm³/mol. The molecule has 0 aliphatic carbocycles. The van der Waals surface area contributed by atoms with Crippen molar-refractivity contribution in [3.63, 3.8) is 0 Å². The van der Waals surface area contributed by atoms with Crippen LogP contribution in [0.15, 0.2) is 24.3 Å². The first-order chi connectivity index (χ1) is 14.5. The van der Waals surface area contributed by atoms with E-state index in [1.165, 1.54) is 0 Å². The van der Waals surface area contributed by atoms with Gasteiger partial charge in [-0.15, -0.1) is 0 Å². The van der Waals surface area contributed by atoms with Gasteiger partial charge in [0.25, 0.3) is 5.91 Å². The fraction of sp³-hybridized carbons (Fsp3) is 0.583. The molecule has 162 valence electrons. The summed E-state index contributed by atoms with van der Waals surface area (Å²) in [6.45, 7) is 7.54. The molecule has 4 rings (SSSR count). The van der Waals surface area contributed by atoms with Crippen molar-refractivity contribution in [3.05, 3.63) is 30.0 Å². The van der Waals surface area contributed by atoms with E-state index in [0.717, 1.165) is 61.3 Å². The molecule has 0 saturated carbocycles. The molecule has 1 unspecified atom stereocenters. The van der Waals surface area contributed by atoms with Crippen LogP contribution in [0.25, 0.3) is 10.9 Å². The zero-order valence-corrected chi connectivity index (χ0v) is 18.3. The number of amides is 2. The van der Waals surface area contributed by atoms with Crippen molar-refractivity contribution in [3.8, 4) is 5.75 Å². The van der Waals surface area contributed by atoms with E-state index >= 15 is 0 Å². The maximum Gasteiger partial charge on any atom is 0.270 e. The van der Waals surface area contributed by atoms with Gasteiger partial charge < -0.3 is 19.5 Å². The summed E-state index contributed by atoms with van der Waals surface area (Å²) in [5.41, 5.74) is 1.52. The molecule has 2 aromatic rings. The monoisotopic (exact) mass is 411 g/mol. The second-order valence-electron chi connectivity index (χ2n) is 9.06. The van der Waals surface area contributed by atoms with Gasteiger partial charge in [0.15, 0.2) is 0 Å². The maximum atomic E-state index is 13.0. The molecule has 0 bridgehead atoms. The Kier molecular flexibility index (Phi) is 6.02. The third kappa shape index (κ3) is 4.18. The Balaban J connectivity index is 1.34. The van der Waals surface area contributed by atoms with Crippen molar-refractivity contribution in [2.75, 3.05) is 33.3 Å². The van der Waals surface area contributed by atoms with Crippen molar-refractivity contribution in [2.24, 2.45) is 17.8 Å². The molecule has 0 radical (unpaired) electrons. The van der Waals surface area contributed by atoms with Crippen LogP contribution < -0.4 is 4.74 Å². The molecule has 0 spiro atoms. The molecule has 2 amide bonds. The summed E-state index contributed by atoms with van der Waals surface area (Å²) in [6.07, 6.45) is 4.00. The fourth-order valence-electron chi connectivity index (χ4n) is 4.84. The predicted octanol–water partition coefficient (Wildman–Crippen LogP) is 3.92. The molecular weight excluding hydrogens is 378 g/mol. The van der Waals surface area contributed by atoms with E-state index in [4.69, 9.17) is 4.74 Å². The minimum Gasteiger partial charge on any atom is -0.497 e. The number of carbonyl (C=O) groups is 2. The Labute approximate surface area is 178 Å². The number of nitrogens with one attached hydrogen (secondary N) is 1. The lowest BCUT2D eigenvalue weighted by molar-refractivity contribution is -0.138. The molecule has 1 aromatic heterocycles. The Morgan fingerprint density at radius 1 is 1.03 bits per heavy atom. The van der Waals surface area contributed by atoms with Crippen LogP contribution in [-0.2, 0) is 4.79 Å². The molecule has 6 nitrogen and oxygen atoms in total. The normalized spacial score (nSPS) is 19.8. The molecule has 2 aliphatic heterocycles. The van der Waals surface area contributed by atoms with Gasteiger partial charge in [0, 0.05) is 49.1 Å². The minimum atomic E-state index is 0.0348. The number of aromatic nitrogens is 1. The number of likely N-dealkylation sites (tertiary alicyclic amines) is 2. The van der Waals surface area contributed by atoms with Crippen molar-refractivity contribution in [1.29, 1.82) is 0 Å². The molecule has 1 aromatic carbocycles. The average molecular weight is 412 g/mol. The van der Waals surface area contributed by atoms with Crippen molar-refractivity contribution in [1.82, 2.24) is 14.8 Å². The number of methoxy groups -OCH3 is 1. The third-order valence-corrected chi connectivity index (χ3v) is 7.08. The Hall–Kier alpha value is -2.50. The number of piperidine rings is 2. The van der Waals surface area contributed by atoms with Gasteiger partial charge in [-0.25, -0.2) is 0 Å². The van der Waals surface area contributed by atoms with E-state index in [0.29, 0.717) is 30.6 Å². The first kappa shape index (κ1) is 20.8. The molecular formula is C24H33N3O3. The Morgan fingerprint density at radius 3 is 2.37 bits per heavy atom. The second kappa shape index (κ2) is 8.70. The van der Waals surface area contributed by atoms with Gasteiger partial charge in [0.1, 0.15) is 11.4 Å². The van der Waals surface area contributed by atoms with Crippen molar-refractivity contribution < 1.29 is 14.3 Å². The summed E-state index contributed by atoms with van der Waals surface area (Å²) in [5.74, 6) is 2.23. The summed E-state index contributed by atoms with van der Waals surface area (Å²) < 4.78 is 5.26. The zero-order chi connectivity index (χ0) is 21.3. The zero-order valence-electron chi connectivity index (χ0n) is 18.3. The number of hydrogen-bond donors (Lipinski definition) is 1. The van der Waals surface area contributed by atoms with E-state index in [1.54, 1.807) is 7.11 Å². The molecule has 1 atom stereocenters. The highest BCUT2D eigenvalue weighted by molar-refractivity contribution is 5.98. The van der Waals surface area contributed by atoms with Gasteiger partial charge in [0.2, 0.25) is 5.91 Å². The highest BCUT2D eigenvalue weighted by Gasteiger charge is 2.33. The van der Waals surface area contributed by atoms with Crippen molar-refractivity contribution >= 4 is 22.7 Å². The van der Waals surface area contributed by atoms with E-state index in [2.05, 4.69) is 23.7 Å². The SMILES string of the molecule is COc1ccc2cc(C(=O)N3CCC(C(C)C(=O)N4CCC(C)CC4)CC3)[nH]c2c1. The Morgan fingerprint density at radius 2 is 1.70 bits per heavy atom. The summed E-state index contributed by atoms with van der Waals surface area (Å²) in [7, 11) is 1.64. The molecule has 2 saturated heterocycles. The van der Waals surface area contributed by atoms with Gasteiger partial charge in [-0.1, -0.05) is 13.8 Å². The summed E-state index contributed by atoms with van der Waals surface area (Å²) in [6, 6.07) is 7.68. The van der Waals surface area contributed by atoms with E-state index in [1.807, 2.05) is 29.2 Å². The number of aromatic amines is 1. The number of ether oxygens (including phenoxy) is 1. The molecule has 2 aliphatic rings. The van der Waals surface area contributed by atoms with E-state index < -0.39 is 0 Å². The van der Waals surface area contributed by atoms with E-state index in [-0.39, 0.29) is 11.8 Å². The van der Waals surface area contributed by atoms with Crippen LogP contribution in [0.2, 0.25) is 0 Å². The standard InChI is InChI=1S/C24H33N3O3/c1-16-6-10-26(11-7-16)23(28)17(2)18-8-12-27(13-9-18)24(29)22-14-19-4-5-20(30-3)15-21(19)25-22/h4-5,14-18,25H,6-13H2,1-3H3. The van der Waals surface area contributed by atoms with Crippen molar-refractivity contribution in [2.45, 2.75) is 39.5 Å². The quantitative estimate of drug-likeness (QED) is 0.829. The first-order valence-corrected chi connectivity index (χ1v) is 11.2. The van der Waals surface area contributed by atoms with Gasteiger partial charge >= 0.3 is 0 Å². The van der Waals surface area contributed by atoms with Crippen LogP contribution in [-0.4, -0.2) is 59.9 Å². The number of fused-ring (bicyclic) bond motifs is 1. The molecule has 1 N–H and O–H groups in total. The number of nitrogens with zero attached hydrogens (tertiary/aromatic N) is 2. The first-order valence-electron chi connectivity index (χ1n) is 11.2.